The molecular formula is C67H57N15O6. The van der Waals surface area contributed by atoms with E-state index >= 15 is 0 Å². The van der Waals surface area contributed by atoms with Gasteiger partial charge in [-0.3, -0.25) is 29.3 Å². The van der Waals surface area contributed by atoms with Gasteiger partial charge in [0, 0.05) is 126 Å². The van der Waals surface area contributed by atoms with E-state index in [4.69, 9.17) is 38.5 Å². The summed E-state index contributed by atoms with van der Waals surface area (Å²) >= 11 is 0. The Morgan fingerprint density at radius 1 is 0.523 bits per heavy atom. The molecule has 0 aromatic carbocycles. The minimum absolute atomic E-state index is 0.167. The molecule has 9 aromatic heterocycles. The van der Waals surface area contributed by atoms with Gasteiger partial charge in [-0.1, -0.05) is 18.2 Å². The van der Waals surface area contributed by atoms with Gasteiger partial charge < -0.3 is 28.9 Å². The zero-order chi connectivity index (χ0) is 61.6. The van der Waals surface area contributed by atoms with E-state index in [1.165, 1.54) is 0 Å². The quantitative estimate of drug-likeness (QED) is 0.106. The van der Waals surface area contributed by atoms with E-state index in [1.54, 1.807) is 72.9 Å². The number of rotatable bonds is 12. The Hall–Kier alpha value is -11.5. The van der Waals surface area contributed by atoms with Crippen LogP contribution in [-0.4, -0.2) is 135 Å². The molecule has 3 aliphatic heterocycles. The molecule has 1 aliphatic carbocycles. The largest absolute Gasteiger partial charge is 0.492 e. The average Bonchev–Trinajstić information content (AvgIpc) is 2.15. The normalized spacial score (nSPS) is 17.2. The molecule has 21 nitrogen and oxygen atoms in total. The maximum Gasteiger partial charge on any atom is 0.298 e. The van der Waals surface area contributed by atoms with Gasteiger partial charge in [-0.15, -0.1) is 19.3 Å². The smallest absolute Gasteiger partial charge is 0.298 e. The van der Waals surface area contributed by atoms with Crippen molar-refractivity contribution in [3.63, 3.8) is 0 Å². The first-order chi connectivity index (χ1) is 42.9. The van der Waals surface area contributed by atoms with Crippen molar-refractivity contribution < 1.29 is 28.6 Å². The van der Waals surface area contributed by atoms with E-state index in [0.29, 0.717) is 98.3 Å². The number of hydrogen-bond donors (Lipinski definition) is 0. The lowest BCUT2D eigenvalue weighted by atomic mass is 9.90. The van der Waals surface area contributed by atoms with E-state index in [9.17, 15) is 30.2 Å². The Balaban J connectivity index is 0.000000137. The van der Waals surface area contributed by atoms with Gasteiger partial charge in [0.05, 0.1) is 90.2 Å². The molecule has 0 spiro atoms. The van der Waals surface area contributed by atoms with Crippen LogP contribution in [0, 0.1) is 76.9 Å². The maximum atomic E-state index is 11.9. The van der Waals surface area contributed by atoms with E-state index < -0.39 is 0 Å². The highest BCUT2D eigenvalue weighted by atomic mass is 16.5. The molecule has 1 saturated carbocycles. The summed E-state index contributed by atoms with van der Waals surface area (Å²) in [7, 11) is 0. The van der Waals surface area contributed by atoms with E-state index in [1.807, 2.05) is 80.4 Å². The zero-order valence-electron chi connectivity index (χ0n) is 48.4. The van der Waals surface area contributed by atoms with Crippen LogP contribution in [0.2, 0.25) is 0 Å². The number of aromatic nitrogens is 9. The summed E-state index contributed by atoms with van der Waals surface area (Å²) in [5.41, 5.74) is 11.7. The predicted octanol–water partition coefficient (Wildman–Crippen LogP) is 7.85. The summed E-state index contributed by atoms with van der Waals surface area (Å²) in [6.45, 7) is 10.5. The van der Waals surface area contributed by atoms with Crippen LogP contribution in [-0.2, 0) is 14.4 Å². The zero-order valence-corrected chi connectivity index (χ0v) is 48.4. The van der Waals surface area contributed by atoms with Crippen molar-refractivity contribution in [2.24, 2.45) is 5.92 Å². The Kier molecular flexibility index (Phi) is 16.8. The lowest BCUT2D eigenvalue weighted by molar-refractivity contribution is -0.129. The van der Waals surface area contributed by atoms with E-state index in [0.717, 1.165) is 86.3 Å². The van der Waals surface area contributed by atoms with Gasteiger partial charge >= 0.3 is 0 Å². The summed E-state index contributed by atoms with van der Waals surface area (Å²) in [5, 5.41) is 41.2. The first kappa shape index (κ1) is 58.3. The predicted molar refractivity (Wildman–Crippen MR) is 324 cm³/mol. The highest BCUT2D eigenvalue weighted by Crippen LogP contribution is 2.47. The fraction of sp³-hybridized carbons (Fsp3) is 0.284. The summed E-state index contributed by atoms with van der Waals surface area (Å²) in [6.07, 6.45) is 33.8. The maximum absolute atomic E-state index is 11.9. The Bertz CT molecular complexity index is 4420. The van der Waals surface area contributed by atoms with Crippen molar-refractivity contribution in [3.05, 3.63) is 144 Å². The molecule has 436 valence electrons. The highest BCUT2D eigenvalue weighted by molar-refractivity contribution is 5.94. The topological polar surface area (TPSA) is 251 Å². The summed E-state index contributed by atoms with van der Waals surface area (Å²) in [5.74, 6) is 8.89. The fourth-order valence-corrected chi connectivity index (χ4v) is 12.2. The molecule has 3 amide bonds. The van der Waals surface area contributed by atoms with Crippen LogP contribution < -0.4 is 14.2 Å². The molecule has 13 rings (SSSR count). The second-order valence-corrected chi connectivity index (χ2v) is 21.4. The van der Waals surface area contributed by atoms with Gasteiger partial charge in [-0.05, 0) is 100 Å². The first-order valence-corrected chi connectivity index (χ1v) is 28.7. The number of amides is 3. The fourth-order valence-electron chi connectivity index (χ4n) is 12.2. The molecule has 4 aliphatic rings. The van der Waals surface area contributed by atoms with Crippen molar-refractivity contribution in [3.8, 4) is 106 Å². The summed E-state index contributed by atoms with van der Waals surface area (Å²) < 4.78 is 22.0. The van der Waals surface area contributed by atoms with Gasteiger partial charge in [0.1, 0.15) is 35.5 Å². The van der Waals surface area contributed by atoms with Crippen LogP contribution >= 0.6 is 0 Å². The molecule has 4 atom stereocenters. The minimum Gasteiger partial charge on any atom is -0.492 e. The van der Waals surface area contributed by atoms with Crippen LogP contribution in [0.25, 0.3) is 49.9 Å². The minimum atomic E-state index is -0.284. The van der Waals surface area contributed by atoms with Gasteiger partial charge in [0.25, 0.3) is 17.7 Å². The molecule has 21 heteroatoms. The molecule has 12 heterocycles. The van der Waals surface area contributed by atoms with Crippen LogP contribution in [0.1, 0.15) is 91.6 Å². The number of nitriles is 3. The Morgan fingerprint density at radius 3 is 1.31 bits per heavy atom. The Morgan fingerprint density at radius 2 is 0.932 bits per heavy atom. The van der Waals surface area contributed by atoms with Gasteiger partial charge in [0.15, 0.2) is 0 Å². The van der Waals surface area contributed by atoms with E-state index in [-0.39, 0.29) is 35.6 Å². The number of carbonyl (C=O) groups is 3. The van der Waals surface area contributed by atoms with Gasteiger partial charge in [0.2, 0.25) is 0 Å². The number of likely N-dealkylation sites (tertiary alicyclic amines) is 3. The number of pyridine rings is 6. The third-order valence-electron chi connectivity index (χ3n) is 16.4. The molecular weight excluding hydrogens is 1110 g/mol. The number of fused-ring (bicyclic) bond motifs is 5. The van der Waals surface area contributed by atoms with Crippen molar-refractivity contribution in [1.29, 1.82) is 15.8 Å². The SMILES string of the molecule is C#CC(=O)N1CC(c2ccc(-c3cc(OCC)cn4ncc(C#N)c34)cn2)C1.C#CC(=O)N1CC2CC1CC2c1ccc(-c2cc(OCC)cn3ncc(C#N)c23)cn1.C#CC(=O)N1CCC(c2ccc(-c3cc(OCC)cn4ncc(C#N)c34)cn2)C1. The third kappa shape index (κ3) is 11.4. The summed E-state index contributed by atoms with van der Waals surface area (Å²) in [6, 6.07) is 24.5. The third-order valence-corrected chi connectivity index (χ3v) is 16.4. The molecule has 4 unspecified atom stereocenters. The van der Waals surface area contributed by atoms with Crippen LogP contribution in [0.15, 0.2) is 110 Å². The van der Waals surface area contributed by atoms with Crippen LogP contribution in [0.3, 0.4) is 0 Å². The van der Waals surface area contributed by atoms with Crippen LogP contribution in [0.5, 0.6) is 17.2 Å². The van der Waals surface area contributed by atoms with E-state index in [2.05, 4.69) is 67.3 Å². The molecule has 2 bridgehead atoms. The molecule has 0 N–H and O–H groups in total. The first-order valence-electron chi connectivity index (χ1n) is 28.7. The lowest BCUT2D eigenvalue weighted by Gasteiger charge is -2.37. The van der Waals surface area contributed by atoms with Gasteiger partial charge in [-0.25, -0.2) is 13.5 Å². The van der Waals surface area contributed by atoms with Crippen molar-refractivity contribution in [2.45, 2.75) is 63.8 Å². The molecule has 88 heavy (non-hydrogen) atoms. The number of ether oxygens (including phenoxy) is 3. The molecule has 9 aromatic rings. The summed E-state index contributed by atoms with van der Waals surface area (Å²) in [4.78, 5) is 54.2. The number of terminal acetylenes is 3. The average molecular weight is 1170 g/mol. The monoisotopic (exact) mass is 1170 g/mol. The van der Waals surface area contributed by atoms with Crippen LogP contribution in [0.4, 0.5) is 0 Å². The van der Waals surface area contributed by atoms with Crippen molar-refractivity contribution in [1.82, 2.24) is 58.5 Å². The number of hydrogen-bond acceptors (Lipinski definition) is 15. The molecule has 0 radical (unpaired) electrons. The lowest BCUT2D eigenvalue weighted by Crippen LogP contribution is -2.48. The molecule has 3 saturated heterocycles. The number of nitrogens with zero attached hydrogens (tertiary/aromatic N) is 15. The second kappa shape index (κ2) is 25.4. The number of piperidine rings is 1. The van der Waals surface area contributed by atoms with Crippen molar-refractivity contribution >= 4 is 34.3 Å². The molecule has 4 fully saturated rings. The van der Waals surface area contributed by atoms with Crippen molar-refractivity contribution in [2.75, 3.05) is 52.5 Å². The number of carbonyl (C=O) groups excluding carboxylic acids is 3. The second-order valence-electron chi connectivity index (χ2n) is 21.4. The Labute approximate surface area is 507 Å². The standard InChI is InChI=1S/C24H21N5O2.C22H19N5O2.C21H17N5O2/c1-3-23(30)28-13-16-7-18(28)8-20(16)22-6-5-15(11-26-22)21-9-19(31-4-2)14-29-24(21)17(10-25)12-27-29;1-3-21(28)26-8-7-16(13-26)20-6-5-15(11-24-20)19-9-18(29-4-2)14-27-22(19)17(10-23)12-25-27;1-3-20(27)25-11-16(12-25)19-6-5-14(9-23-19)18-7-17(28-4-2)13-26-21(18)15(8-22)10-24-26/h1,5-6,9,11-12,14,16,18,20H,4,7-8,13H2,2H3;1,5-6,9,11-12,14,16H,4,7-8,13H2,2H3;1,5-7,9-10,13,16H,4,11-12H2,2H3. The highest BCUT2D eigenvalue weighted by Gasteiger charge is 2.47. The van der Waals surface area contributed by atoms with Gasteiger partial charge in [-0.2, -0.15) is 31.1 Å².